The van der Waals surface area contributed by atoms with Crippen LogP contribution in [0.25, 0.3) is 5.69 Å². The number of rotatable bonds is 2. The van der Waals surface area contributed by atoms with E-state index in [-0.39, 0.29) is 5.02 Å². The summed E-state index contributed by atoms with van der Waals surface area (Å²) in [6.07, 6.45) is 1.95. The highest BCUT2D eigenvalue weighted by Gasteiger charge is 2.12. The van der Waals surface area contributed by atoms with E-state index in [2.05, 4.69) is 15.5 Å². The molecule has 0 saturated heterocycles. The summed E-state index contributed by atoms with van der Waals surface area (Å²) in [5, 5.41) is 10.8. The van der Waals surface area contributed by atoms with Gasteiger partial charge in [0, 0.05) is 5.56 Å². The predicted octanol–water partition coefficient (Wildman–Crippen LogP) is 2.02. The lowest BCUT2D eigenvalue weighted by Crippen LogP contribution is -2.02. The number of tetrazole rings is 1. The molecule has 1 aromatic heterocycles. The number of hydrogen-bond donors (Lipinski definition) is 0. The third-order valence-electron chi connectivity index (χ3n) is 2.12. The molecule has 1 aromatic carbocycles. The van der Waals surface area contributed by atoms with Crippen LogP contribution in [-0.2, 0) is 6.42 Å². The van der Waals surface area contributed by atoms with Crippen molar-refractivity contribution in [2.75, 3.05) is 0 Å². The van der Waals surface area contributed by atoms with Gasteiger partial charge >= 0.3 is 0 Å². The van der Waals surface area contributed by atoms with Gasteiger partial charge in [-0.1, -0.05) is 18.5 Å². The van der Waals surface area contributed by atoms with Gasteiger partial charge in [-0.2, -0.15) is 0 Å². The highest BCUT2D eigenvalue weighted by molar-refractivity contribution is 6.30. The summed E-state index contributed by atoms with van der Waals surface area (Å²) in [5.74, 6) is -0.410. The average molecular weight is 227 g/mol. The van der Waals surface area contributed by atoms with Crippen molar-refractivity contribution in [3.63, 3.8) is 0 Å². The van der Waals surface area contributed by atoms with Gasteiger partial charge in [0.2, 0.25) is 0 Å². The summed E-state index contributed by atoms with van der Waals surface area (Å²) in [6, 6.07) is 3.19. The van der Waals surface area contributed by atoms with Crippen LogP contribution in [0.1, 0.15) is 12.5 Å². The minimum Gasteiger partial charge on any atom is -0.205 e. The van der Waals surface area contributed by atoms with Crippen LogP contribution in [0.4, 0.5) is 4.39 Å². The second-order valence-electron chi connectivity index (χ2n) is 2.97. The van der Waals surface area contributed by atoms with Crippen LogP contribution in [0.3, 0.4) is 0 Å². The smallest absolute Gasteiger partial charge is 0.147 e. The van der Waals surface area contributed by atoms with E-state index in [1.165, 1.54) is 17.1 Å². The Morgan fingerprint density at radius 1 is 1.47 bits per heavy atom. The van der Waals surface area contributed by atoms with E-state index in [1.807, 2.05) is 6.92 Å². The summed E-state index contributed by atoms with van der Waals surface area (Å²) < 4.78 is 15.1. The maximum atomic E-state index is 13.6. The van der Waals surface area contributed by atoms with Crippen LogP contribution in [0.5, 0.6) is 0 Å². The van der Waals surface area contributed by atoms with Crippen LogP contribution in [0, 0.1) is 5.82 Å². The van der Waals surface area contributed by atoms with Gasteiger partial charge in [0.1, 0.15) is 12.1 Å². The van der Waals surface area contributed by atoms with Gasteiger partial charge in [0.25, 0.3) is 0 Å². The molecule has 0 spiro atoms. The first-order valence-corrected chi connectivity index (χ1v) is 4.82. The molecule has 0 saturated carbocycles. The first-order valence-electron chi connectivity index (χ1n) is 4.44. The van der Waals surface area contributed by atoms with Crippen molar-refractivity contribution < 1.29 is 4.39 Å². The lowest BCUT2D eigenvalue weighted by Gasteiger charge is -2.08. The lowest BCUT2D eigenvalue weighted by atomic mass is 10.1. The second kappa shape index (κ2) is 3.94. The van der Waals surface area contributed by atoms with Crippen LogP contribution in [-0.4, -0.2) is 20.2 Å². The van der Waals surface area contributed by atoms with Crippen molar-refractivity contribution >= 4 is 11.6 Å². The molecule has 0 atom stereocenters. The third-order valence-corrected chi connectivity index (χ3v) is 2.41. The summed E-state index contributed by atoms with van der Waals surface area (Å²) in [6.45, 7) is 1.85. The van der Waals surface area contributed by atoms with E-state index >= 15 is 0 Å². The topological polar surface area (TPSA) is 43.6 Å². The van der Waals surface area contributed by atoms with Crippen molar-refractivity contribution in [2.45, 2.75) is 13.3 Å². The van der Waals surface area contributed by atoms with E-state index < -0.39 is 5.82 Å². The molecule has 0 unspecified atom stereocenters. The number of hydrogen-bond acceptors (Lipinski definition) is 3. The van der Waals surface area contributed by atoms with E-state index in [9.17, 15) is 4.39 Å². The standard InChI is InChI=1S/C9H8ClFN4/c1-2-6-8(15-5-12-13-14-15)4-3-7(10)9(6)11/h3-5H,2H2,1H3. The van der Waals surface area contributed by atoms with Gasteiger partial charge in [-0.3, -0.25) is 0 Å². The fraction of sp³-hybridized carbons (Fsp3) is 0.222. The average Bonchev–Trinajstić information content (AvgIpc) is 2.75. The molecule has 2 rings (SSSR count). The van der Waals surface area contributed by atoms with Gasteiger partial charge < -0.3 is 0 Å². The van der Waals surface area contributed by atoms with Crippen molar-refractivity contribution in [3.05, 3.63) is 34.9 Å². The minimum atomic E-state index is -0.410. The van der Waals surface area contributed by atoms with Crippen LogP contribution < -0.4 is 0 Å². The highest BCUT2D eigenvalue weighted by Crippen LogP contribution is 2.24. The molecule has 0 amide bonds. The highest BCUT2D eigenvalue weighted by atomic mass is 35.5. The van der Waals surface area contributed by atoms with Crippen molar-refractivity contribution in [1.82, 2.24) is 20.2 Å². The number of nitrogens with zero attached hydrogens (tertiary/aromatic N) is 4. The third kappa shape index (κ3) is 1.70. The molecule has 0 bridgehead atoms. The van der Waals surface area contributed by atoms with Crippen molar-refractivity contribution in [2.24, 2.45) is 0 Å². The van der Waals surface area contributed by atoms with Gasteiger partial charge in [-0.25, -0.2) is 9.07 Å². The van der Waals surface area contributed by atoms with Gasteiger partial charge in [0.15, 0.2) is 0 Å². The monoisotopic (exact) mass is 226 g/mol. The molecule has 6 heteroatoms. The molecule has 2 aromatic rings. The Kier molecular flexibility index (Phi) is 2.64. The zero-order valence-electron chi connectivity index (χ0n) is 7.98. The fourth-order valence-electron chi connectivity index (χ4n) is 1.41. The summed E-state index contributed by atoms with van der Waals surface area (Å²) in [5.41, 5.74) is 1.12. The molecule has 0 fully saturated rings. The quantitative estimate of drug-likeness (QED) is 0.787. The van der Waals surface area contributed by atoms with Gasteiger partial charge in [-0.15, -0.1) is 5.10 Å². The normalized spacial score (nSPS) is 10.6. The lowest BCUT2D eigenvalue weighted by molar-refractivity contribution is 0.608. The van der Waals surface area contributed by atoms with E-state index in [0.29, 0.717) is 17.7 Å². The molecule has 15 heavy (non-hydrogen) atoms. The molecule has 0 aliphatic heterocycles. The van der Waals surface area contributed by atoms with Gasteiger partial charge in [-0.05, 0) is 29.0 Å². The van der Waals surface area contributed by atoms with Crippen LogP contribution in [0.2, 0.25) is 5.02 Å². The van der Waals surface area contributed by atoms with Gasteiger partial charge in [0.05, 0.1) is 10.7 Å². The zero-order valence-corrected chi connectivity index (χ0v) is 8.74. The Labute approximate surface area is 90.7 Å². The molecule has 4 nitrogen and oxygen atoms in total. The summed E-state index contributed by atoms with van der Waals surface area (Å²) in [4.78, 5) is 0. The molecular weight excluding hydrogens is 219 g/mol. The molecule has 0 radical (unpaired) electrons. The second-order valence-corrected chi connectivity index (χ2v) is 3.37. The Hall–Kier alpha value is -1.49. The van der Waals surface area contributed by atoms with E-state index in [1.54, 1.807) is 6.07 Å². The predicted molar refractivity (Wildman–Crippen MR) is 53.5 cm³/mol. The Balaban J connectivity index is 2.62. The number of halogens is 2. The maximum Gasteiger partial charge on any atom is 0.147 e. The first-order chi connectivity index (χ1) is 7.24. The Morgan fingerprint density at radius 2 is 2.27 bits per heavy atom. The molecule has 0 aliphatic rings. The molecular formula is C9H8ClFN4. The number of aromatic nitrogens is 4. The maximum absolute atomic E-state index is 13.6. The Morgan fingerprint density at radius 3 is 2.87 bits per heavy atom. The van der Waals surface area contributed by atoms with Crippen molar-refractivity contribution in [1.29, 1.82) is 0 Å². The SMILES string of the molecule is CCc1c(-n2cnnn2)ccc(Cl)c1F. The summed E-state index contributed by atoms with van der Waals surface area (Å²) in [7, 11) is 0. The fourth-order valence-corrected chi connectivity index (χ4v) is 1.58. The zero-order chi connectivity index (χ0) is 10.8. The molecule has 0 N–H and O–H groups in total. The van der Waals surface area contributed by atoms with Crippen LogP contribution >= 0.6 is 11.6 Å². The van der Waals surface area contributed by atoms with E-state index in [4.69, 9.17) is 11.6 Å². The van der Waals surface area contributed by atoms with E-state index in [0.717, 1.165) is 0 Å². The largest absolute Gasteiger partial charge is 0.205 e. The summed E-state index contributed by atoms with van der Waals surface area (Å²) >= 11 is 5.69. The molecule has 1 heterocycles. The van der Waals surface area contributed by atoms with Crippen LogP contribution in [0.15, 0.2) is 18.5 Å². The first kappa shape index (κ1) is 10.0. The van der Waals surface area contributed by atoms with Crippen molar-refractivity contribution in [3.8, 4) is 5.69 Å². The minimum absolute atomic E-state index is 0.115. The molecule has 0 aliphatic carbocycles. The number of benzene rings is 1. The Bertz CT molecular complexity index is 469. The molecule has 78 valence electrons.